The minimum Gasteiger partial charge on any atom is -0.298 e. The zero-order valence-electron chi connectivity index (χ0n) is 8.50. The van der Waals surface area contributed by atoms with Crippen LogP contribution in [0.25, 0.3) is 0 Å². The molecule has 0 bridgehead atoms. The Hall–Kier alpha value is -1.35. The third-order valence-electron chi connectivity index (χ3n) is 2.65. The maximum absolute atomic E-state index is 11.4. The first-order valence-electron chi connectivity index (χ1n) is 4.77. The molecule has 0 unspecified atom stereocenters. The number of benzene rings is 1. The van der Waals surface area contributed by atoms with E-state index in [1.54, 1.807) is 4.90 Å². The molecule has 1 aromatic rings. The van der Waals surface area contributed by atoms with E-state index >= 15 is 0 Å². The van der Waals surface area contributed by atoms with Gasteiger partial charge in [-0.25, -0.2) is 0 Å². The van der Waals surface area contributed by atoms with Crippen LogP contribution in [-0.4, -0.2) is 19.1 Å². The van der Waals surface area contributed by atoms with E-state index in [2.05, 4.69) is 31.3 Å². The first-order chi connectivity index (χ1) is 6.68. The average molecular weight is 190 g/mol. The van der Waals surface area contributed by atoms with Gasteiger partial charge in [-0.15, -0.1) is 0 Å². The predicted molar refractivity (Wildman–Crippen MR) is 56.3 cm³/mol. The highest BCUT2D eigenvalue weighted by molar-refractivity contribution is 5.96. The SMILES string of the molecule is Cc1ccc(N2CNCC2=O)cc1C. The maximum Gasteiger partial charge on any atom is 0.242 e. The molecule has 2 rings (SSSR count). The van der Waals surface area contributed by atoms with Gasteiger partial charge in [0.2, 0.25) is 5.91 Å². The van der Waals surface area contributed by atoms with Crippen molar-refractivity contribution in [2.24, 2.45) is 0 Å². The molecule has 1 aromatic carbocycles. The second-order valence-corrected chi connectivity index (χ2v) is 3.68. The van der Waals surface area contributed by atoms with Crippen LogP contribution in [-0.2, 0) is 4.79 Å². The third-order valence-corrected chi connectivity index (χ3v) is 2.65. The summed E-state index contributed by atoms with van der Waals surface area (Å²) in [5.74, 6) is 0.147. The Morgan fingerprint density at radius 3 is 2.64 bits per heavy atom. The largest absolute Gasteiger partial charge is 0.298 e. The fourth-order valence-electron chi connectivity index (χ4n) is 1.59. The third kappa shape index (κ3) is 1.51. The zero-order chi connectivity index (χ0) is 10.1. The van der Waals surface area contributed by atoms with Crippen LogP contribution in [0.2, 0.25) is 0 Å². The molecule has 1 saturated heterocycles. The Labute approximate surface area is 83.7 Å². The summed E-state index contributed by atoms with van der Waals surface area (Å²) in [5, 5.41) is 3.03. The van der Waals surface area contributed by atoms with Gasteiger partial charge in [0.1, 0.15) is 0 Å². The van der Waals surface area contributed by atoms with E-state index in [1.165, 1.54) is 11.1 Å². The number of hydrogen-bond donors (Lipinski definition) is 1. The molecule has 0 aliphatic carbocycles. The first kappa shape index (κ1) is 9.21. The highest BCUT2D eigenvalue weighted by atomic mass is 16.2. The van der Waals surface area contributed by atoms with Crippen LogP contribution < -0.4 is 10.2 Å². The Kier molecular flexibility index (Phi) is 2.25. The molecule has 1 fully saturated rings. The molecule has 1 heterocycles. The van der Waals surface area contributed by atoms with Gasteiger partial charge in [0.05, 0.1) is 13.2 Å². The lowest BCUT2D eigenvalue weighted by Crippen LogP contribution is -2.25. The van der Waals surface area contributed by atoms with E-state index in [0.717, 1.165) is 5.69 Å². The second-order valence-electron chi connectivity index (χ2n) is 3.68. The van der Waals surface area contributed by atoms with Gasteiger partial charge in [-0.05, 0) is 37.1 Å². The molecule has 0 aromatic heterocycles. The zero-order valence-corrected chi connectivity index (χ0v) is 8.50. The van der Waals surface area contributed by atoms with Crippen LogP contribution in [0.15, 0.2) is 18.2 Å². The average Bonchev–Trinajstić information content (AvgIpc) is 2.57. The summed E-state index contributed by atoms with van der Waals surface area (Å²) >= 11 is 0. The van der Waals surface area contributed by atoms with Gasteiger partial charge in [0.15, 0.2) is 0 Å². The van der Waals surface area contributed by atoms with Crippen LogP contribution in [0.3, 0.4) is 0 Å². The molecular weight excluding hydrogens is 176 g/mol. The van der Waals surface area contributed by atoms with Crippen molar-refractivity contribution in [2.75, 3.05) is 18.1 Å². The Bertz CT molecular complexity index is 374. The van der Waals surface area contributed by atoms with Crippen LogP contribution in [0.5, 0.6) is 0 Å². The molecule has 14 heavy (non-hydrogen) atoms. The van der Waals surface area contributed by atoms with E-state index in [0.29, 0.717) is 13.2 Å². The van der Waals surface area contributed by atoms with Gasteiger partial charge in [-0.1, -0.05) is 6.07 Å². The lowest BCUT2D eigenvalue weighted by Gasteiger charge is -2.15. The number of carbonyl (C=O) groups excluding carboxylic acids is 1. The first-order valence-corrected chi connectivity index (χ1v) is 4.77. The Balaban J connectivity index is 2.32. The van der Waals surface area contributed by atoms with Crippen molar-refractivity contribution >= 4 is 11.6 Å². The molecule has 0 saturated carbocycles. The fraction of sp³-hybridized carbons (Fsp3) is 0.364. The minimum absolute atomic E-state index is 0.147. The van der Waals surface area contributed by atoms with Crippen molar-refractivity contribution in [3.63, 3.8) is 0 Å². The van der Waals surface area contributed by atoms with Gasteiger partial charge >= 0.3 is 0 Å². The quantitative estimate of drug-likeness (QED) is 0.721. The Morgan fingerprint density at radius 1 is 1.29 bits per heavy atom. The summed E-state index contributed by atoms with van der Waals surface area (Å²) in [7, 11) is 0. The number of anilines is 1. The van der Waals surface area contributed by atoms with Crippen molar-refractivity contribution in [1.29, 1.82) is 0 Å². The van der Waals surface area contributed by atoms with E-state index in [9.17, 15) is 4.79 Å². The van der Waals surface area contributed by atoms with Gasteiger partial charge in [0, 0.05) is 5.69 Å². The van der Waals surface area contributed by atoms with Crippen LogP contribution in [0.1, 0.15) is 11.1 Å². The predicted octanol–water partition coefficient (Wildman–Crippen LogP) is 1.20. The number of hydrogen-bond acceptors (Lipinski definition) is 2. The number of carbonyl (C=O) groups is 1. The standard InChI is InChI=1S/C11H14N2O/c1-8-3-4-10(5-9(8)2)13-7-12-6-11(13)14/h3-5,12H,6-7H2,1-2H3. The smallest absolute Gasteiger partial charge is 0.242 e. The van der Waals surface area contributed by atoms with Gasteiger partial charge in [0.25, 0.3) is 0 Å². The second kappa shape index (κ2) is 3.42. The summed E-state index contributed by atoms with van der Waals surface area (Å²) in [4.78, 5) is 13.2. The highest BCUT2D eigenvalue weighted by Gasteiger charge is 2.20. The van der Waals surface area contributed by atoms with Crippen LogP contribution in [0.4, 0.5) is 5.69 Å². The summed E-state index contributed by atoms with van der Waals surface area (Å²) < 4.78 is 0. The van der Waals surface area contributed by atoms with Crippen molar-refractivity contribution in [1.82, 2.24) is 5.32 Å². The fourth-order valence-corrected chi connectivity index (χ4v) is 1.59. The summed E-state index contributed by atoms with van der Waals surface area (Å²) in [6.07, 6.45) is 0. The lowest BCUT2D eigenvalue weighted by atomic mass is 10.1. The number of nitrogens with one attached hydrogen (secondary N) is 1. The van der Waals surface area contributed by atoms with Gasteiger partial charge in [-0.2, -0.15) is 0 Å². The molecule has 0 radical (unpaired) electrons. The molecule has 0 spiro atoms. The molecule has 74 valence electrons. The molecule has 1 amide bonds. The normalized spacial score (nSPS) is 16.4. The summed E-state index contributed by atoms with van der Waals surface area (Å²) in [5.41, 5.74) is 3.47. The van der Waals surface area contributed by atoms with Crippen molar-refractivity contribution in [3.05, 3.63) is 29.3 Å². The number of rotatable bonds is 1. The molecule has 0 atom stereocenters. The summed E-state index contributed by atoms with van der Waals surface area (Å²) in [6.45, 7) is 5.21. The van der Waals surface area contributed by atoms with E-state index in [4.69, 9.17) is 0 Å². The monoisotopic (exact) mass is 190 g/mol. The molecular formula is C11H14N2O. The molecule has 1 aliphatic heterocycles. The topological polar surface area (TPSA) is 32.3 Å². The van der Waals surface area contributed by atoms with Gasteiger partial charge in [-0.3, -0.25) is 15.0 Å². The minimum atomic E-state index is 0.147. The molecule has 1 N–H and O–H groups in total. The number of aryl methyl sites for hydroxylation is 2. The van der Waals surface area contributed by atoms with Crippen LogP contribution in [0, 0.1) is 13.8 Å². The van der Waals surface area contributed by atoms with Crippen molar-refractivity contribution < 1.29 is 4.79 Å². The van der Waals surface area contributed by atoms with E-state index < -0.39 is 0 Å². The van der Waals surface area contributed by atoms with Gasteiger partial charge < -0.3 is 0 Å². The summed E-state index contributed by atoms with van der Waals surface area (Å²) in [6, 6.07) is 6.10. The van der Waals surface area contributed by atoms with Crippen LogP contribution >= 0.6 is 0 Å². The molecule has 1 aliphatic rings. The molecule has 3 nitrogen and oxygen atoms in total. The van der Waals surface area contributed by atoms with Crippen molar-refractivity contribution in [3.8, 4) is 0 Å². The van der Waals surface area contributed by atoms with E-state index in [1.807, 2.05) is 6.07 Å². The maximum atomic E-state index is 11.4. The number of nitrogens with zero attached hydrogens (tertiary/aromatic N) is 1. The highest BCUT2D eigenvalue weighted by Crippen LogP contribution is 2.19. The van der Waals surface area contributed by atoms with E-state index in [-0.39, 0.29) is 5.91 Å². The van der Waals surface area contributed by atoms with Crippen molar-refractivity contribution in [2.45, 2.75) is 13.8 Å². The number of amides is 1. The Morgan fingerprint density at radius 2 is 2.07 bits per heavy atom. The lowest BCUT2D eigenvalue weighted by molar-refractivity contribution is -0.116. The molecule has 3 heteroatoms.